The van der Waals surface area contributed by atoms with Gasteiger partial charge in [0, 0.05) is 23.8 Å². The van der Waals surface area contributed by atoms with E-state index >= 15 is 0 Å². The van der Waals surface area contributed by atoms with Gasteiger partial charge >= 0.3 is 0 Å². The van der Waals surface area contributed by atoms with Crippen molar-refractivity contribution in [2.45, 2.75) is 20.8 Å². The number of nitrogens with zero attached hydrogens (tertiary/aromatic N) is 1. The maximum atomic E-state index is 6.04. The maximum Gasteiger partial charge on any atom is 0.0412 e. The predicted molar refractivity (Wildman–Crippen MR) is 77.3 cm³/mol. The first-order valence-electron chi connectivity index (χ1n) is 6.10. The van der Waals surface area contributed by atoms with E-state index in [1.165, 1.54) is 22.0 Å². The van der Waals surface area contributed by atoms with Crippen LogP contribution in [0.2, 0.25) is 5.02 Å². The zero-order valence-electron chi connectivity index (χ0n) is 10.6. The number of halogens is 1. The van der Waals surface area contributed by atoms with E-state index in [-0.39, 0.29) is 0 Å². The third-order valence-electron chi connectivity index (χ3n) is 3.24. The third-order valence-corrected chi connectivity index (χ3v) is 3.47. The lowest BCUT2D eigenvalue weighted by Crippen LogP contribution is -2.21. The van der Waals surface area contributed by atoms with Crippen molar-refractivity contribution < 1.29 is 0 Å². The Bertz CT molecular complexity index is 530. The number of hydrogen-bond acceptors (Lipinski definition) is 1. The molecule has 2 rings (SSSR count). The average molecular weight is 248 g/mol. The molecule has 0 aliphatic heterocycles. The molecule has 0 aromatic heterocycles. The molecule has 0 aliphatic carbocycles. The molecular weight excluding hydrogens is 230 g/mol. The van der Waals surface area contributed by atoms with Gasteiger partial charge in [-0.3, -0.25) is 0 Å². The molecule has 0 fully saturated rings. The van der Waals surface area contributed by atoms with E-state index in [0.29, 0.717) is 0 Å². The summed E-state index contributed by atoms with van der Waals surface area (Å²) in [6, 6.07) is 10.6. The lowest BCUT2D eigenvalue weighted by Gasteiger charge is -2.22. The Morgan fingerprint density at radius 2 is 1.76 bits per heavy atom. The number of fused-ring (bicyclic) bond motifs is 1. The highest BCUT2D eigenvalue weighted by Crippen LogP contribution is 2.28. The Morgan fingerprint density at radius 1 is 1.06 bits per heavy atom. The van der Waals surface area contributed by atoms with Gasteiger partial charge in [-0.05, 0) is 61.4 Å². The van der Waals surface area contributed by atoms with Crippen molar-refractivity contribution in [3.63, 3.8) is 0 Å². The Balaban J connectivity index is 2.59. The molecule has 0 amide bonds. The summed E-state index contributed by atoms with van der Waals surface area (Å²) in [5.41, 5.74) is 2.58. The summed E-state index contributed by atoms with van der Waals surface area (Å²) in [5, 5.41) is 3.31. The fraction of sp³-hybridized carbons (Fsp3) is 0.333. The number of aryl methyl sites for hydroxylation is 1. The smallest absolute Gasteiger partial charge is 0.0412 e. The van der Waals surface area contributed by atoms with Crippen LogP contribution in [0.1, 0.15) is 19.4 Å². The van der Waals surface area contributed by atoms with Gasteiger partial charge in [0.25, 0.3) is 0 Å². The van der Waals surface area contributed by atoms with Crippen LogP contribution in [0.4, 0.5) is 5.69 Å². The number of hydrogen-bond donors (Lipinski definition) is 0. The molecule has 0 heterocycles. The molecule has 2 aromatic rings. The van der Waals surface area contributed by atoms with Crippen molar-refractivity contribution in [2.75, 3.05) is 18.0 Å². The van der Waals surface area contributed by atoms with Gasteiger partial charge in [0.15, 0.2) is 0 Å². The minimum atomic E-state index is 0.802. The van der Waals surface area contributed by atoms with Crippen LogP contribution in [0.25, 0.3) is 10.8 Å². The molecule has 0 aliphatic rings. The van der Waals surface area contributed by atoms with Crippen LogP contribution in [-0.2, 0) is 0 Å². The topological polar surface area (TPSA) is 3.24 Å². The highest BCUT2D eigenvalue weighted by atomic mass is 35.5. The molecule has 17 heavy (non-hydrogen) atoms. The molecule has 0 N–H and O–H groups in total. The van der Waals surface area contributed by atoms with Crippen molar-refractivity contribution >= 4 is 28.1 Å². The van der Waals surface area contributed by atoms with Crippen LogP contribution in [0.15, 0.2) is 30.3 Å². The quantitative estimate of drug-likeness (QED) is 0.763. The minimum Gasteiger partial charge on any atom is -0.372 e. The van der Waals surface area contributed by atoms with E-state index < -0.39 is 0 Å². The molecule has 2 aromatic carbocycles. The van der Waals surface area contributed by atoms with E-state index in [1.54, 1.807) is 0 Å². The van der Waals surface area contributed by atoms with Crippen LogP contribution in [-0.4, -0.2) is 13.1 Å². The molecule has 1 nitrogen and oxygen atoms in total. The van der Waals surface area contributed by atoms with Gasteiger partial charge in [-0.25, -0.2) is 0 Å². The SMILES string of the molecule is CCN(CC)c1cc(C)c2cc(Cl)ccc2c1. The second-order valence-corrected chi connectivity index (χ2v) is 4.74. The minimum absolute atomic E-state index is 0.802. The van der Waals surface area contributed by atoms with Crippen LogP contribution in [0, 0.1) is 6.92 Å². The van der Waals surface area contributed by atoms with Crippen molar-refractivity contribution in [1.82, 2.24) is 0 Å². The summed E-state index contributed by atoms with van der Waals surface area (Å²) in [6.07, 6.45) is 0. The van der Waals surface area contributed by atoms with Gasteiger partial charge in [-0.15, -0.1) is 0 Å². The van der Waals surface area contributed by atoms with Crippen LogP contribution in [0.3, 0.4) is 0 Å². The van der Waals surface area contributed by atoms with Gasteiger partial charge in [0.2, 0.25) is 0 Å². The van der Waals surface area contributed by atoms with Crippen molar-refractivity contribution in [3.05, 3.63) is 40.9 Å². The van der Waals surface area contributed by atoms with Crippen molar-refractivity contribution in [1.29, 1.82) is 0 Å². The Labute approximate surface area is 108 Å². The second-order valence-electron chi connectivity index (χ2n) is 4.30. The summed E-state index contributed by atoms with van der Waals surface area (Å²) in [4.78, 5) is 2.36. The number of benzene rings is 2. The first kappa shape index (κ1) is 12.3. The first-order chi connectivity index (χ1) is 8.15. The summed E-state index contributed by atoms with van der Waals surface area (Å²) in [5.74, 6) is 0. The highest BCUT2D eigenvalue weighted by Gasteiger charge is 2.06. The Kier molecular flexibility index (Phi) is 3.58. The van der Waals surface area contributed by atoms with Crippen LogP contribution >= 0.6 is 11.6 Å². The van der Waals surface area contributed by atoms with E-state index in [0.717, 1.165) is 18.1 Å². The molecule has 0 spiro atoms. The van der Waals surface area contributed by atoms with Gasteiger partial charge < -0.3 is 4.90 Å². The molecule has 0 atom stereocenters. The summed E-state index contributed by atoms with van der Waals surface area (Å²) in [6.45, 7) is 8.59. The summed E-state index contributed by atoms with van der Waals surface area (Å²) >= 11 is 6.04. The molecule has 0 unspecified atom stereocenters. The van der Waals surface area contributed by atoms with Gasteiger partial charge in [-0.1, -0.05) is 17.7 Å². The van der Waals surface area contributed by atoms with E-state index in [9.17, 15) is 0 Å². The molecule has 0 radical (unpaired) electrons. The van der Waals surface area contributed by atoms with Gasteiger partial charge in [0.05, 0.1) is 0 Å². The van der Waals surface area contributed by atoms with E-state index in [4.69, 9.17) is 11.6 Å². The first-order valence-corrected chi connectivity index (χ1v) is 6.48. The summed E-state index contributed by atoms with van der Waals surface area (Å²) in [7, 11) is 0. The molecular formula is C15H18ClN. The number of anilines is 1. The van der Waals surface area contributed by atoms with Crippen LogP contribution in [0.5, 0.6) is 0 Å². The lowest BCUT2D eigenvalue weighted by atomic mass is 10.0. The molecule has 90 valence electrons. The zero-order chi connectivity index (χ0) is 12.4. The maximum absolute atomic E-state index is 6.04. The monoisotopic (exact) mass is 247 g/mol. The highest BCUT2D eigenvalue weighted by molar-refractivity contribution is 6.31. The fourth-order valence-electron chi connectivity index (χ4n) is 2.27. The summed E-state index contributed by atoms with van der Waals surface area (Å²) < 4.78 is 0. The molecule has 2 heteroatoms. The Hall–Kier alpha value is -1.21. The Morgan fingerprint density at radius 3 is 2.41 bits per heavy atom. The average Bonchev–Trinajstić information content (AvgIpc) is 2.32. The van der Waals surface area contributed by atoms with Gasteiger partial charge in [-0.2, -0.15) is 0 Å². The van der Waals surface area contributed by atoms with Crippen molar-refractivity contribution in [3.8, 4) is 0 Å². The standard InChI is InChI=1S/C15H18ClN/c1-4-17(5-2)14-8-11(3)15-10-13(16)7-6-12(15)9-14/h6-10H,4-5H2,1-3H3. The normalized spacial score (nSPS) is 10.8. The zero-order valence-corrected chi connectivity index (χ0v) is 11.4. The molecule has 0 bridgehead atoms. The largest absolute Gasteiger partial charge is 0.372 e. The molecule has 0 saturated heterocycles. The fourth-order valence-corrected chi connectivity index (χ4v) is 2.44. The van der Waals surface area contributed by atoms with E-state index in [2.05, 4.69) is 43.9 Å². The third kappa shape index (κ3) is 2.39. The van der Waals surface area contributed by atoms with Gasteiger partial charge in [0.1, 0.15) is 0 Å². The molecule has 0 saturated carbocycles. The second kappa shape index (κ2) is 4.97. The number of rotatable bonds is 3. The van der Waals surface area contributed by atoms with E-state index in [1.807, 2.05) is 12.1 Å². The lowest BCUT2D eigenvalue weighted by molar-refractivity contribution is 0.866. The van der Waals surface area contributed by atoms with Crippen molar-refractivity contribution in [2.24, 2.45) is 0 Å². The van der Waals surface area contributed by atoms with Crippen LogP contribution < -0.4 is 4.90 Å². The predicted octanol–water partition coefficient (Wildman–Crippen LogP) is 4.65.